The third kappa shape index (κ3) is 2.96. The van der Waals surface area contributed by atoms with Gasteiger partial charge < -0.3 is 4.79 Å². The quantitative estimate of drug-likeness (QED) is 0.291. The summed E-state index contributed by atoms with van der Waals surface area (Å²) >= 11 is 0. The number of carbonyl (C=O) groups excluding carboxylic acids is 2. The van der Waals surface area contributed by atoms with Crippen LogP contribution in [0.3, 0.4) is 0 Å². The first-order valence-electron chi connectivity index (χ1n) is 13.8. The second-order valence-corrected chi connectivity index (χ2v) is 14.6. The molecule has 0 aliphatic heterocycles. The van der Waals surface area contributed by atoms with Crippen molar-refractivity contribution >= 4 is 17.4 Å². The largest absolute Gasteiger partial charge is 0.307 e. The molecule has 4 heteroatoms. The minimum atomic E-state index is -0.625. The van der Waals surface area contributed by atoms with Gasteiger partial charge in [-0.2, -0.15) is 0 Å². The van der Waals surface area contributed by atoms with Crippen molar-refractivity contribution in [3.8, 4) is 0 Å². The molecule has 0 N–H and O–H groups in total. The van der Waals surface area contributed by atoms with Crippen molar-refractivity contribution in [1.29, 1.82) is 0 Å². The molecule has 0 bridgehead atoms. The minimum absolute atomic E-state index is 0.0513. The van der Waals surface area contributed by atoms with Gasteiger partial charge in [0.25, 0.3) is 0 Å². The van der Waals surface area contributed by atoms with Crippen LogP contribution in [-0.2, 0) is 9.59 Å². The van der Waals surface area contributed by atoms with Gasteiger partial charge in [-0.3, -0.25) is 4.79 Å². The number of aliphatic imine (C=N–C) groups is 1. The molecule has 0 amide bonds. The van der Waals surface area contributed by atoms with Gasteiger partial charge in [-0.05, 0) is 91.6 Å². The number of carbonyl (C=O) groups is 2. The molecule has 0 aromatic carbocycles. The van der Waals surface area contributed by atoms with Crippen molar-refractivity contribution in [2.24, 2.45) is 49.8 Å². The molecule has 36 heavy (non-hydrogen) atoms. The second-order valence-electron chi connectivity index (χ2n) is 14.6. The zero-order chi connectivity index (χ0) is 26.5. The predicted molar refractivity (Wildman–Crippen MR) is 143 cm³/mol. The Bertz CT molecular complexity index is 1210. The van der Waals surface area contributed by atoms with Crippen LogP contribution >= 0.6 is 0 Å². The van der Waals surface area contributed by atoms with E-state index in [0.717, 1.165) is 50.5 Å². The van der Waals surface area contributed by atoms with Gasteiger partial charge in [0.2, 0.25) is 5.70 Å². The number of Topliss-reactive ketones (excluding diaryl/α,β-unsaturated/α-hetero) is 1. The standard InChI is InChI=1S/C32H42N2O2/c1-10-34-32-15-13-27(2,3)18-20(32)25-22(35)17-24-29(6)19-21(33-9)26(36)28(4,5)23(29)11-12-30(24,7)31(25,8)14-16-32/h17,19-20,23,25H,1,11-16,18H2,2-8H3/t20?,23-,25?,29-,30+,31+,32-/m0/s1. The molecule has 0 saturated heterocycles. The lowest BCUT2D eigenvalue weighted by molar-refractivity contribution is -0.158. The summed E-state index contributed by atoms with van der Waals surface area (Å²) in [5.41, 5.74) is -0.142. The number of allylic oxidation sites excluding steroid dienone is 4. The van der Waals surface area contributed by atoms with Crippen LogP contribution in [0.15, 0.2) is 35.0 Å². The fraction of sp³-hybridized carbons (Fsp3) is 0.719. The normalized spacial score (nSPS) is 46.4. The van der Waals surface area contributed by atoms with Gasteiger partial charge in [0.1, 0.15) is 0 Å². The molecule has 4 nitrogen and oxygen atoms in total. The van der Waals surface area contributed by atoms with Crippen molar-refractivity contribution in [2.75, 3.05) is 0 Å². The highest BCUT2D eigenvalue weighted by atomic mass is 16.1. The van der Waals surface area contributed by atoms with E-state index in [1.165, 1.54) is 0 Å². The average Bonchev–Trinajstić information content (AvgIpc) is 2.79. The Morgan fingerprint density at radius 3 is 2.33 bits per heavy atom. The van der Waals surface area contributed by atoms with Crippen molar-refractivity contribution < 1.29 is 9.59 Å². The van der Waals surface area contributed by atoms with Gasteiger partial charge in [0, 0.05) is 16.7 Å². The van der Waals surface area contributed by atoms with E-state index in [1.54, 1.807) is 0 Å². The Morgan fingerprint density at radius 2 is 1.69 bits per heavy atom. The Kier molecular flexibility index (Phi) is 5.23. The van der Waals surface area contributed by atoms with Crippen molar-refractivity contribution in [3.05, 3.63) is 41.4 Å². The van der Waals surface area contributed by atoms with Gasteiger partial charge in [0.05, 0.1) is 12.1 Å². The van der Waals surface area contributed by atoms with Crippen LogP contribution in [-0.4, -0.2) is 23.0 Å². The maximum Gasteiger partial charge on any atom is 0.226 e. The molecule has 7 atom stereocenters. The van der Waals surface area contributed by atoms with Crippen LogP contribution in [0, 0.1) is 51.4 Å². The Labute approximate surface area is 217 Å². The third-order valence-electron chi connectivity index (χ3n) is 12.1. The zero-order valence-electron chi connectivity index (χ0n) is 23.3. The maximum atomic E-state index is 14.3. The first-order chi connectivity index (χ1) is 16.6. The van der Waals surface area contributed by atoms with Gasteiger partial charge >= 0.3 is 0 Å². The van der Waals surface area contributed by atoms with Crippen molar-refractivity contribution in [3.63, 3.8) is 0 Å². The fourth-order valence-corrected chi connectivity index (χ4v) is 9.92. The lowest BCUT2D eigenvalue weighted by atomic mass is 9.35. The van der Waals surface area contributed by atoms with Crippen LogP contribution in [0.5, 0.6) is 0 Å². The number of nitrogens with zero attached hydrogens (tertiary/aromatic N) is 2. The first kappa shape index (κ1) is 25.4. The summed E-state index contributed by atoms with van der Waals surface area (Å²) < 4.78 is 0. The average molecular weight is 487 g/mol. The summed E-state index contributed by atoms with van der Waals surface area (Å²) in [6.07, 6.45) is 10.8. The van der Waals surface area contributed by atoms with E-state index in [-0.39, 0.29) is 56.8 Å². The number of fused-ring (bicyclic) bond motifs is 7. The molecule has 0 heterocycles. The molecule has 0 spiro atoms. The van der Waals surface area contributed by atoms with Crippen LogP contribution < -0.4 is 0 Å². The summed E-state index contributed by atoms with van der Waals surface area (Å²) in [6, 6.07) is 0. The van der Waals surface area contributed by atoms with E-state index >= 15 is 0 Å². The molecule has 3 saturated carbocycles. The van der Waals surface area contributed by atoms with E-state index in [4.69, 9.17) is 11.6 Å². The summed E-state index contributed by atoms with van der Waals surface area (Å²) in [5, 5.41) is 0. The summed E-state index contributed by atoms with van der Waals surface area (Å²) in [6.45, 7) is 27.2. The highest BCUT2D eigenvalue weighted by Crippen LogP contribution is 2.73. The third-order valence-corrected chi connectivity index (χ3v) is 12.1. The highest BCUT2D eigenvalue weighted by Gasteiger charge is 2.69. The van der Waals surface area contributed by atoms with Crippen LogP contribution in [0.4, 0.5) is 0 Å². The Hall–Kier alpha value is -2.24. The minimum Gasteiger partial charge on any atom is -0.307 e. The van der Waals surface area contributed by atoms with Gasteiger partial charge in [-0.1, -0.05) is 60.1 Å². The SMILES string of the molecule is [C-]#[N+]C1=C[C@]2(C)C3=CC(=O)C4C5CC(C)(C)CC[C@]5(N=C=C)CC[C@@]4(C)[C@]3(C)CC[C@H]2C(C)(C)C1=O. The first-order valence-corrected chi connectivity index (χ1v) is 13.8. The highest BCUT2D eigenvalue weighted by molar-refractivity contribution is 6.03. The molecule has 5 rings (SSSR count). The fourth-order valence-electron chi connectivity index (χ4n) is 9.92. The molecule has 0 aromatic rings. The Balaban J connectivity index is 1.71. The zero-order valence-corrected chi connectivity index (χ0v) is 23.3. The molecule has 2 unspecified atom stereocenters. The molecule has 192 valence electrons. The van der Waals surface area contributed by atoms with Gasteiger partial charge in [-0.25, -0.2) is 9.84 Å². The van der Waals surface area contributed by atoms with Gasteiger partial charge in [0.15, 0.2) is 11.6 Å². The number of hydrogen-bond acceptors (Lipinski definition) is 3. The second kappa shape index (κ2) is 7.41. The molecule has 0 aromatic heterocycles. The predicted octanol–water partition coefficient (Wildman–Crippen LogP) is 7.17. The van der Waals surface area contributed by atoms with Crippen LogP contribution in [0.2, 0.25) is 0 Å². The number of ketones is 2. The number of rotatable bonds is 1. The molecular weight excluding hydrogens is 444 g/mol. The van der Waals surface area contributed by atoms with Crippen LogP contribution in [0.1, 0.15) is 93.4 Å². The summed E-state index contributed by atoms with van der Waals surface area (Å²) in [7, 11) is 0. The van der Waals surface area contributed by atoms with Crippen LogP contribution in [0.25, 0.3) is 4.85 Å². The molecular formula is C32H42N2O2. The molecule has 0 radical (unpaired) electrons. The van der Waals surface area contributed by atoms with E-state index in [9.17, 15) is 9.59 Å². The van der Waals surface area contributed by atoms with E-state index < -0.39 is 10.8 Å². The maximum absolute atomic E-state index is 14.3. The van der Waals surface area contributed by atoms with Gasteiger partial charge in [-0.15, -0.1) is 0 Å². The van der Waals surface area contributed by atoms with Crippen molar-refractivity contribution in [1.82, 2.24) is 0 Å². The molecule has 5 aliphatic rings. The van der Waals surface area contributed by atoms with E-state index in [2.05, 4.69) is 51.9 Å². The monoisotopic (exact) mass is 486 g/mol. The van der Waals surface area contributed by atoms with E-state index in [1.807, 2.05) is 26.0 Å². The smallest absolute Gasteiger partial charge is 0.226 e. The molecule has 3 fully saturated rings. The summed E-state index contributed by atoms with van der Waals surface area (Å²) in [5.74, 6) is 3.25. The lowest BCUT2D eigenvalue weighted by Gasteiger charge is -2.68. The van der Waals surface area contributed by atoms with E-state index in [0.29, 0.717) is 0 Å². The number of hydrogen-bond donors (Lipinski definition) is 0. The topological polar surface area (TPSA) is 50.9 Å². The summed E-state index contributed by atoms with van der Waals surface area (Å²) in [4.78, 5) is 36.1. The van der Waals surface area contributed by atoms with Crippen molar-refractivity contribution in [2.45, 2.75) is 99.0 Å². The molecule has 5 aliphatic carbocycles. The lowest BCUT2D eigenvalue weighted by Crippen LogP contribution is -2.65. The Morgan fingerprint density at radius 1 is 1.03 bits per heavy atom.